The van der Waals surface area contributed by atoms with Crippen molar-refractivity contribution in [3.05, 3.63) is 54.6 Å². The number of anilines is 1. The highest BCUT2D eigenvalue weighted by molar-refractivity contribution is 7.92. The van der Waals surface area contributed by atoms with Crippen LogP contribution in [-0.4, -0.2) is 59.2 Å². The van der Waals surface area contributed by atoms with Crippen LogP contribution in [0, 0.1) is 0 Å². The zero-order valence-corrected chi connectivity index (χ0v) is 15.9. The van der Waals surface area contributed by atoms with Gasteiger partial charge in [0.15, 0.2) is 0 Å². The summed E-state index contributed by atoms with van der Waals surface area (Å²) in [7, 11) is -2.36. The van der Waals surface area contributed by atoms with Crippen molar-refractivity contribution in [2.45, 2.75) is 4.90 Å². The molecule has 1 heterocycles. The van der Waals surface area contributed by atoms with E-state index in [1.54, 1.807) is 47.4 Å². The maximum Gasteiger partial charge on any atom is 0.264 e. The van der Waals surface area contributed by atoms with Gasteiger partial charge < -0.3 is 14.4 Å². The number of carbonyl (C=O) groups is 1. The molecule has 0 spiro atoms. The third-order valence-electron chi connectivity index (χ3n) is 4.33. The number of methoxy groups -OCH3 is 1. The van der Waals surface area contributed by atoms with Gasteiger partial charge in [0, 0.05) is 13.1 Å². The average Bonchev–Trinajstić information content (AvgIpc) is 2.73. The van der Waals surface area contributed by atoms with Crippen molar-refractivity contribution >= 4 is 21.6 Å². The maximum atomic E-state index is 13.2. The molecule has 0 bridgehead atoms. The molecule has 1 aliphatic heterocycles. The topological polar surface area (TPSA) is 76.2 Å². The minimum Gasteiger partial charge on any atom is -0.497 e. The first kappa shape index (κ1) is 19.2. The molecule has 3 rings (SSSR count). The Hall–Kier alpha value is -2.58. The van der Waals surface area contributed by atoms with Gasteiger partial charge in [0.2, 0.25) is 5.91 Å². The maximum absolute atomic E-state index is 13.2. The molecule has 0 aliphatic carbocycles. The molecule has 0 unspecified atom stereocenters. The second-order valence-electron chi connectivity index (χ2n) is 6.02. The molecule has 0 saturated carbocycles. The molecule has 0 radical (unpaired) electrons. The fourth-order valence-corrected chi connectivity index (χ4v) is 4.25. The fourth-order valence-electron chi connectivity index (χ4n) is 2.82. The number of carbonyl (C=O) groups excluding carboxylic acids is 1. The molecule has 7 nitrogen and oxygen atoms in total. The summed E-state index contributed by atoms with van der Waals surface area (Å²) in [6.07, 6.45) is 0. The smallest absolute Gasteiger partial charge is 0.264 e. The highest BCUT2D eigenvalue weighted by Gasteiger charge is 2.29. The molecule has 0 aromatic heterocycles. The van der Waals surface area contributed by atoms with Gasteiger partial charge in [-0.2, -0.15) is 0 Å². The summed E-state index contributed by atoms with van der Waals surface area (Å²) < 4.78 is 37.9. The summed E-state index contributed by atoms with van der Waals surface area (Å²) in [5, 5.41) is 0. The lowest BCUT2D eigenvalue weighted by atomic mass is 10.3. The lowest BCUT2D eigenvalue weighted by Gasteiger charge is -2.30. The summed E-state index contributed by atoms with van der Waals surface area (Å²) >= 11 is 0. The molecule has 2 aromatic carbocycles. The standard InChI is InChI=1S/C19H22N2O5S/c1-25-17-9-7-16(8-10-17)21(15-19(22)20-11-13-26-14-12-20)27(23,24)18-5-3-2-4-6-18/h2-10H,11-15H2,1H3. The number of nitrogens with zero attached hydrogens (tertiary/aromatic N) is 2. The molecule has 2 aromatic rings. The number of benzene rings is 2. The van der Waals surface area contributed by atoms with E-state index in [0.29, 0.717) is 37.7 Å². The van der Waals surface area contributed by atoms with Crippen LogP contribution in [-0.2, 0) is 19.6 Å². The van der Waals surface area contributed by atoms with E-state index in [2.05, 4.69) is 0 Å². The van der Waals surface area contributed by atoms with Gasteiger partial charge in [0.1, 0.15) is 12.3 Å². The van der Waals surface area contributed by atoms with Crippen molar-refractivity contribution in [3.63, 3.8) is 0 Å². The van der Waals surface area contributed by atoms with Crippen LogP contribution in [0.4, 0.5) is 5.69 Å². The van der Waals surface area contributed by atoms with Gasteiger partial charge >= 0.3 is 0 Å². The molecule has 1 amide bonds. The molecule has 0 atom stereocenters. The zero-order valence-electron chi connectivity index (χ0n) is 15.1. The Labute approximate surface area is 159 Å². The Morgan fingerprint density at radius 2 is 1.70 bits per heavy atom. The Kier molecular flexibility index (Phi) is 5.98. The summed E-state index contributed by atoms with van der Waals surface area (Å²) in [5.41, 5.74) is 0.404. The molecular formula is C19H22N2O5S. The van der Waals surface area contributed by atoms with Gasteiger partial charge in [0.25, 0.3) is 10.0 Å². The van der Waals surface area contributed by atoms with Gasteiger partial charge in [0.05, 0.1) is 30.9 Å². The van der Waals surface area contributed by atoms with Gasteiger partial charge in [-0.1, -0.05) is 18.2 Å². The highest BCUT2D eigenvalue weighted by Crippen LogP contribution is 2.26. The van der Waals surface area contributed by atoms with Crippen LogP contribution in [0.5, 0.6) is 5.75 Å². The first-order chi connectivity index (χ1) is 13.0. The largest absolute Gasteiger partial charge is 0.497 e. The number of amides is 1. The molecule has 1 fully saturated rings. The number of rotatable bonds is 6. The summed E-state index contributed by atoms with van der Waals surface area (Å²) in [5.74, 6) is 0.351. The molecular weight excluding hydrogens is 368 g/mol. The van der Waals surface area contributed by atoms with Crippen LogP contribution in [0.2, 0.25) is 0 Å². The molecule has 8 heteroatoms. The number of sulfonamides is 1. The second kappa shape index (κ2) is 8.41. The molecule has 1 aliphatic rings. The van der Waals surface area contributed by atoms with Crippen LogP contribution >= 0.6 is 0 Å². The van der Waals surface area contributed by atoms with Crippen molar-refractivity contribution in [1.82, 2.24) is 4.90 Å². The third kappa shape index (κ3) is 4.40. The highest BCUT2D eigenvalue weighted by atomic mass is 32.2. The quantitative estimate of drug-likeness (QED) is 0.751. The van der Waals surface area contributed by atoms with E-state index in [0.717, 1.165) is 4.31 Å². The van der Waals surface area contributed by atoms with Gasteiger partial charge in [-0.3, -0.25) is 9.10 Å². The minimum absolute atomic E-state index is 0.135. The normalized spacial score (nSPS) is 14.6. The van der Waals surface area contributed by atoms with Crippen LogP contribution < -0.4 is 9.04 Å². The van der Waals surface area contributed by atoms with E-state index in [4.69, 9.17) is 9.47 Å². The second-order valence-corrected chi connectivity index (χ2v) is 7.88. The van der Waals surface area contributed by atoms with Crippen LogP contribution in [0.1, 0.15) is 0 Å². The predicted molar refractivity (Wildman–Crippen MR) is 101 cm³/mol. The number of ether oxygens (including phenoxy) is 2. The summed E-state index contributed by atoms with van der Waals surface area (Å²) in [6, 6.07) is 14.7. The summed E-state index contributed by atoms with van der Waals surface area (Å²) in [6.45, 7) is 1.56. The van der Waals surface area contributed by atoms with E-state index < -0.39 is 10.0 Å². The molecule has 27 heavy (non-hydrogen) atoms. The van der Waals surface area contributed by atoms with Crippen molar-refractivity contribution in [2.24, 2.45) is 0 Å². The lowest BCUT2D eigenvalue weighted by molar-refractivity contribution is -0.133. The van der Waals surface area contributed by atoms with Gasteiger partial charge in [-0.15, -0.1) is 0 Å². The van der Waals surface area contributed by atoms with Crippen LogP contribution in [0.3, 0.4) is 0 Å². The minimum atomic E-state index is -3.89. The van der Waals surface area contributed by atoms with Crippen LogP contribution in [0.25, 0.3) is 0 Å². The first-order valence-electron chi connectivity index (χ1n) is 8.60. The lowest BCUT2D eigenvalue weighted by Crippen LogP contribution is -2.47. The van der Waals surface area contributed by atoms with E-state index in [9.17, 15) is 13.2 Å². The molecule has 0 N–H and O–H groups in total. The molecule has 144 valence electrons. The predicted octanol–water partition coefficient (Wildman–Crippen LogP) is 1.75. The first-order valence-corrected chi connectivity index (χ1v) is 10.0. The molecule has 1 saturated heterocycles. The summed E-state index contributed by atoms with van der Waals surface area (Å²) in [4.78, 5) is 14.5. The van der Waals surface area contributed by atoms with E-state index in [-0.39, 0.29) is 17.3 Å². The monoisotopic (exact) mass is 390 g/mol. The Morgan fingerprint density at radius 3 is 2.30 bits per heavy atom. The fraction of sp³-hybridized carbons (Fsp3) is 0.316. The van der Waals surface area contributed by atoms with E-state index in [1.165, 1.54) is 19.2 Å². The Bertz CT molecular complexity index is 863. The number of morpholine rings is 1. The van der Waals surface area contributed by atoms with Gasteiger partial charge in [-0.05, 0) is 36.4 Å². The van der Waals surface area contributed by atoms with E-state index >= 15 is 0 Å². The Morgan fingerprint density at radius 1 is 1.07 bits per heavy atom. The van der Waals surface area contributed by atoms with Crippen molar-refractivity contribution in [1.29, 1.82) is 0 Å². The third-order valence-corrected chi connectivity index (χ3v) is 6.12. The SMILES string of the molecule is COc1ccc(N(CC(=O)N2CCOCC2)S(=O)(=O)c2ccccc2)cc1. The Balaban J connectivity index is 1.94. The zero-order chi connectivity index (χ0) is 19.3. The number of hydrogen-bond acceptors (Lipinski definition) is 5. The van der Waals surface area contributed by atoms with Crippen molar-refractivity contribution in [2.75, 3.05) is 44.3 Å². The van der Waals surface area contributed by atoms with Crippen molar-refractivity contribution < 1.29 is 22.7 Å². The average molecular weight is 390 g/mol. The van der Waals surface area contributed by atoms with E-state index in [1.807, 2.05) is 0 Å². The number of hydrogen-bond donors (Lipinski definition) is 0. The van der Waals surface area contributed by atoms with Crippen molar-refractivity contribution in [3.8, 4) is 5.75 Å². The van der Waals surface area contributed by atoms with Gasteiger partial charge in [-0.25, -0.2) is 8.42 Å². The van der Waals surface area contributed by atoms with Crippen LogP contribution in [0.15, 0.2) is 59.5 Å².